The maximum absolute atomic E-state index is 15.9. The van der Waals surface area contributed by atoms with Crippen LogP contribution >= 0.6 is 0 Å². The van der Waals surface area contributed by atoms with Crippen molar-refractivity contribution in [3.63, 3.8) is 0 Å². The lowest BCUT2D eigenvalue weighted by Gasteiger charge is -2.44. The van der Waals surface area contributed by atoms with Crippen LogP contribution in [0.1, 0.15) is 70.7 Å². The Morgan fingerprint density at radius 1 is 1.00 bits per heavy atom. The highest BCUT2D eigenvalue weighted by atomic mass is 19.2. The highest BCUT2D eigenvalue weighted by Gasteiger charge is 2.40. The van der Waals surface area contributed by atoms with Crippen molar-refractivity contribution in [3.8, 4) is 5.75 Å². The van der Waals surface area contributed by atoms with Gasteiger partial charge in [-0.1, -0.05) is 19.4 Å². The molecule has 224 valence electrons. The number of hydrogen-bond donors (Lipinski definition) is 0. The van der Waals surface area contributed by atoms with Crippen molar-refractivity contribution in [3.05, 3.63) is 58.8 Å². The van der Waals surface area contributed by atoms with Gasteiger partial charge in [0.25, 0.3) is 0 Å². The molecule has 41 heavy (non-hydrogen) atoms. The van der Waals surface area contributed by atoms with E-state index in [2.05, 4.69) is 16.9 Å². The zero-order valence-corrected chi connectivity index (χ0v) is 25.0. The molecule has 1 fully saturated rings. The third-order valence-electron chi connectivity index (χ3n) is 8.36. The van der Waals surface area contributed by atoms with Crippen LogP contribution in [0.3, 0.4) is 0 Å². The zero-order valence-electron chi connectivity index (χ0n) is 25.0. The van der Waals surface area contributed by atoms with Crippen molar-refractivity contribution < 1.29 is 22.3 Å². The molecule has 2 aliphatic rings. The molecule has 1 unspecified atom stereocenters. The second-order valence-electron chi connectivity index (χ2n) is 13.1. The number of alkyl halides is 2. The first-order valence-electron chi connectivity index (χ1n) is 14.7. The molecule has 3 aromatic rings. The average molecular weight is 575 g/mol. The minimum atomic E-state index is -1.59. The molecule has 0 N–H and O–H groups in total. The molecule has 5 rings (SSSR count). The molecule has 1 aromatic heterocycles. The van der Waals surface area contributed by atoms with Crippen LogP contribution in [0.25, 0.3) is 10.9 Å². The number of aromatic nitrogens is 2. The van der Waals surface area contributed by atoms with Crippen molar-refractivity contribution in [2.75, 3.05) is 32.8 Å². The van der Waals surface area contributed by atoms with E-state index < -0.39 is 29.0 Å². The fourth-order valence-corrected chi connectivity index (χ4v) is 6.36. The molecule has 2 aromatic carbocycles. The Labute approximate surface area is 240 Å². The third kappa shape index (κ3) is 6.41. The monoisotopic (exact) mass is 574 g/mol. The van der Waals surface area contributed by atoms with E-state index in [1.165, 1.54) is 39.8 Å². The molecule has 0 bridgehead atoms. The van der Waals surface area contributed by atoms with Crippen LogP contribution in [0.5, 0.6) is 5.75 Å². The quantitative estimate of drug-likeness (QED) is 0.248. The first-order valence-corrected chi connectivity index (χ1v) is 14.7. The maximum Gasteiger partial charge on any atom is 0.134 e. The Balaban J connectivity index is 1.50. The van der Waals surface area contributed by atoms with Gasteiger partial charge in [-0.15, -0.1) is 0 Å². The van der Waals surface area contributed by atoms with Gasteiger partial charge in [-0.05, 0) is 64.2 Å². The van der Waals surface area contributed by atoms with Crippen LogP contribution in [0.4, 0.5) is 17.6 Å². The summed E-state index contributed by atoms with van der Waals surface area (Å²) in [4.78, 5) is 4.11. The van der Waals surface area contributed by atoms with Crippen LogP contribution in [0.2, 0.25) is 0 Å². The lowest BCUT2D eigenvalue weighted by Crippen LogP contribution is -2.48. The molecule has 2 atom stereocenters. The summed E-state index contributed by atoms with van der Waals surface area (Å²) in [5.41, 5.74) is -0.813. The van der Waals surface area contributed by atoms with E-state index in [-0.39, 0.29) is 30.4 Å². The van der Waals surface area contributed by atoms with Gasteiger partial charge in [0, 0.05) is 55.3 Å². The van der Waals surface area contributed by atoms with E-state index in [0.717, 1.165) is 36.0 Å². The van der Waals surface area contributed by atoms with E-state index in [0.29, 0.717) is 31.1 Å². The van der Waals surface area contributed by atoms with Crippen molar-refractivity contribution >= 4 is 10.9 Å². The summed E-state index contributed by atoms with van der Waals surface area (Å²) in [6.07, 6.45) is 3.39. The molecular formula is C32H42F4N4O. The van der Waals surface area contributed by atoms with Gasteiger partial charge < -0.3 is 4.74 Å². The topological polar surface area (TPSA) is 33.5 Å². The first-order chi connectivity index (χ1) is 19.2. The first kappa shape index (κ1) is 29.8. The van der Waals surface area contributed by atoms with Gasteiger partial charge in [-0.2, -0.15) is 5.10 Å². The summed E-state index contributed by atoms with van der Waals surface area (Å²) in [5, 5.41) is 5.25. The van der Waals surface area contributed by atoms with Gasteiger partial charge in [0.05, 0.1) is 24.3 Å². The Morgan fingerprint density at radius 3 is 2.27 bits per heavy atom. The van der Waals surface area contributed by atoms with Gasteiger partial charge in [0.15, 0.2) is 0 Å². The Bertz CT molecular complexity index is 1360. The number of halogens is 4. The van der Waals surface area contributed by atoms with Crippen LogP contribution in [-0.2, 0) is 13.0 Å². The van der Waals surface area contributed by atoms with E-state index in [4.69, 9.17) is 4.74 Å². The molecule has 9 heteroatoms. The summed E-state index contributed by atoms with van der Waals surface area (Å²) >= 11 is 0. The van der Waals surface area contributed by atoms with E-state index in [9.17, 15) is 4.39 Å². The molecule has 0 saturated carbocycles. The molecule has 0 aliphatic carbocycles. The van der Waals surface area contributed by atoms with Crippen LogP contribution in [-0.4, -0.2) is 69.7 Å². The normalized spacial score (nSPS) is 20.8. The summed E-state index contributed by atoms with van der Waals surface area (Å²) < 4.78 is 68.7. The Morgan fingerprint density at radius 2 is 1.66 bits per heavy atom. The number of nitrogens with zero attached hydrogens (tertiary/aromatic N) is 4. The minimum absolute atomic E-state index is 0.00265. The summed E-state index contributed by atoms with van der Waals surface area (Å²) in [7, 11) is 0. The third-order valence-corrected chi connectivity index (χ3v) is 8.36. The molecular weight excluding hydrogens is 532 g/mol. The van der Waals surface area contributed by atoms with Crippen LogP contribution in [0.15, 0.2) is 30.5 Å². The average Bonchev–Trinajstić information content (AvgIpc) is 3.22. The standard InChI is InChI=1S/C32H42F4N4O/c1-7-21-16-38(17-21)10-11-41-22-13-26(33)29(27(34)14-22)30-23-8-9-28-25(15-37-40(28)19-32(5,6)36)24(23)12-20(2)39(30)18-31(3,4)35/h8-9,13-15,20-21,30H,7,10-12,16-19H2,1-6H3/t20?,30-/m0/s1. The largest absolute Gasteiger partial charge is 0.492 e. The molecule has 5 nitrogen and oxygen atoms in total. The fourth-order valence-electron chi connectivity index (χ4n) is 6.36. The predicted molar refractivity (Wildman–Crippen MR) is 154 cm³/mol. The molecule has 0 amide bonds. The molecule has 2 aliphatic heterocycles. The van der Waals surface area contributed by atoms with E-state index in [1.54, 1.807) is 10.9 Å². The smallest absolute Gasteiger partial charge is 0.134 e. The summed E-state index contributed by atoms with van der Waals surface area (Å²) in [6, 6.07) is 5.06. The number of hydrogen-bond acceptors (Lipinski definition) is 4. The van der Waals surface area contributed by atoms with Crippen molar-refractivity contribution in [1.29, 1.82) is 0 Å². The van der Waals surface area contributed by atoms with Crippen molar-refractivity contribution in [2.24, 2.45) is 5.92 Å². The Kier molecular flexibility index (Phi) is 8.16. The van der Waals surface area contributed by atoms with E-state index >= 15 is 13.2 Å². The fraction of sp³-hybridized carbons (Fsp3) is 0.594. The van der Waals surface area contributed by atoms with Crippen molar-refractivity contribution in [1.82, 2.24) is 19.6 Å². The summed E-state index contributed by atoms with van der Waals surface area (Å²) in [6.45, 7) is 13.3. The number of likely N-dealkylation sites (tertiary alicyclic amines) is 1. The van der Waals surface area contributed by atoms with Gasteiger partial charge in [0.2, 0.25) is 0 Å². The highest BCUT2D eigenvalue weighted by Crippen LogP contribution is 2.44. The second kappa shape index (κ2) is 11.2. The zero-order chi connectivity index (χ0) is 29.7. The summed E-state index contributed by atoms with van der Waals surface area (Å²) in [5.74, 6) is -0.593. The van der Waals surface area contributed by atoms with E-state index in [1.807, 2.05) is 24.0 Å². The number of ether oxygens (including phenoxy) is 1. The van der Waals surface area contributed by atoms with Gasteiger partial charge in [-0.3, -0.25) is 14.5 Å². The minimum Gasteiger partial charge on any atom is -0.492 e. The van der Waals surface area contributed by atoms with Crippen molar-refractivity contribution in [2.45, 2.75) is 84.4 Å². The predicted octanol–water partition coefficient (Wildman–Crippen LogP) is 6.87. The number of fused-ring (bicyclic) bond motifs is 3. The highest BCUT2D eigenvalue weighted by molar-refractivity contribution is 5.84. The lowest BCUT2D eigenvalue weighted by atomic mass is 9.82. The number of rotatable bonds is 10. The molecule has 0 spiro atoms. The SMILES string of the molecule is CCC1CN(CCOc2cc(F)c([C@@H]3c4ccc5c(cnn5CC(C)(C)F)c4CC(C)N3CC(C)(C)F)c(F)c2)C1. The van der Waals surface area contributed by atoms with Gasteiger partial charge >= 0.3 is 0 Å². The maximum atomic E-state index is 15.9. The van der Waals surface area contributed by atoms with Crippen LogP contribution < -0.4 is 4.74 Å². The molecule has 0 radical (unpaired) electrons. The lowest BCUT2D eigenvalue weighted by molar-refractivity contribution is 0.0654. The number of benzene rings is 2. The Hall–Kier alpha value is -2.65. The van der Waals surface area contributed by atoms with Crippen LogP contribution in [0, 0.1) is 17.6 Å². The van der Waals surface area contributed by atoms with Gasteiger partial charge in [-0.25, -0.2) is 17.6 Å². The molecule has 1 saturated heterocycles. The molecule has 3 heterocycles. The second-order valence-corrected chi connectivity index (χ2v) is 13.1. The van der Waals surface area contributed by atoms with Gasteiger partial charge in [0.1, 0.15) is 35.3 Å².